The molecular weight excluding hydrogens is 338 g/mol. The van der Waals surface area contributed by atoms with Crippen molar-refractivity contribution in [3.05, 3.63) is 76.4 Å². The number of carbonyl (C=O) groups is 1. The molecule has 134 valence electrons. The molecule has 1 unspecified atom stereocenters. The van der Waals surface area contributed by atoms with E-state index in [1.54, 1.807) is 30.6 Å². The van der Waals surface area contributed by atoms with Gasteiger partial charge in [0.25, 0.3) is 0 Å². The van der Waals surface area contributed by atoms with Gasteiger partial charge in [0.15, 0.2) is 0 Å². The molecule has 0 spiro atoms. The maximum atomic E-state index is 11.9. The molecule has 0 radical (unpaired) electrons. The van der Waals surface area contributed by atoms with Gasteiger partial charge in [-0.15, -0.1) is 0 Å². The zero-order valence-electron chi connectivity index (χ0n) is 15.2. The van der Waals surface area contributed by atoms with Crippen LogP contribution < -0.4 is 11.1 Å². The Morgan fingerprint density at radius 2 is 1.96 bits per heavy atom. The van der Waals surface area contributed by atoms with Crippen LogP contribution >= 0.6 is 0 Å². The van der Waals surface area contributed by atoms with Crippen LogP contribution in [0, 0.1) is 28.6 Å². The molecule has 1 atom stereocenters. The summed E-state index contributed by atoms with van der Waals surface area (Å²) in [6, 6.07) is 8.24. The summed E-state index contributed by atoms with van der Waals surface area (Å²) in [5.74, 6) is -1.06. The normalized spacial score (nSPS) is 22.6. The van der Waals surface area contributed by atoms with Crippen LogP contribution in [0.25, 0.3) is 0 Å². The van der Waals surface area contributed by atoms with Gasteiger partial charge in [0.1, 0.15) is 0 Å². The zero-order chi connectivity index (χ0) is 19.6. The fraction of sp³-hybridized carbons (Fsp3) is 0.238. The summed E-state index contributed by atoms with van der Waals surface area (Å²) in [7, 11) is 0. The van der Waals surface area contributed by atoms with Gasteiger partial charge in [-0.2, -0.15) is 10.5 Å². The lowest BCUT2D eigenvalue weighted by atomic mass is 9.59. The van der Waals surface area contributed by atoms with Gasteiger partial charge in [0, 0.05) is 40.7 Å². The van der Waals surface area contributed by atoms with Crippen LogP contribution in [0.5, 0.6) is 0 Å². The number of dihydropyridines is 1. The number of pyridine rings is 1. The number of rotatable bonds is 3. The molecule has 27 heavy (non-hydrogen) atoms. The molecule has 0 aromatic carbocycles. The molecule has 3 rings (SSSR count). The quantitative estimate of drug-likeness (QED) is 0.862. The highest BCUT2D eigenvalue weighted by atomic mass is 16.1. The maximum absolute atomic E-state index is 11.9. The van der Waals surface area contributed by atoms with E-state index in [-0.39, 0.29) is 6.42 Å². The highest BCUT2D eigenvalue weighted by Crippen LogP contribution is 2.49. The lowest BCUT2D eigenvalue weighted by molar-refractivity contribution is -0.114. The van der Waals surface area contributed by atoms with Gasteiger partial charge in [-0.05, 0) is 31.9 Å². The zero-order valence-corrected chi connectivity index (χ0v) is 15.2. The van der Waals surface area contributed by atoms with Crippen LogP contribution in [0.3, 0.4) is 0 Å². The lowest BCUT2D eigenvalue weighted by Crippen LogP contribution is -2.42. The highest BCUT2D eigenvalue weighted by molar-refractivity contribution is 5.93. The predicted molar refractivity (Wildman–Crippen MR) is 100 cm³/mol. The van der Waals surface area contributed by atoms with Gasteiger partial charge < -0.3 is 11.1 Å². The van der Waals surface area contributed by atoms with Crippen LogP contribution in [0.2, 0.25) is 0 Å². The number of amides is 1. The fourth-order valence-corrected chi connectivity index (χ4v) is 3.94. The second-order valence-corrected chi connectivity index (χ2v) is 6.73. The van der Waals surface area contributed by atoms with Crippen molar-refractivity contribution in [3.63, 3.8) is 0 Å². The van der Waals surface area contributed by atoms with E-state index in [1.807, 2.05) is 26.0 Å². The van der Waals surface area contributed by atoms with Crippen LogP contribution in [0.1, 0.15) is 25.8 Å². The second-order valence-electron chi connectivity index (χ2n) is 6.73. The van der Waals surface area contributed by atoms with Gasteiger partial charge in [-0.25, -0.2) is 0 Å². The van der Waals surface area contributed by atoms with Crippen molar-refractivity contribution >= 4 is 5.91 Å². The van der Waals surface area contributed by atoms with E-state index in [9.17, 15) is 15.3 Å². The van der Waals surface area contributed by atoms with E-state index in [2.05, 4.69) is 22.4 Å². The van der Waals surface area contributed by atoms with Crippen molar-refractivity contribution in [2.75, 3.05) is 0 Å². The highest BCUT2D eigenvalue weighted by Gasteiger charge is 2.47. The van der Waals surface area contributed by atoms with E-state index in [0.717, 1.165) is 5.56 Å². The molecule has 1 amide bonds. The third kappa shape index (κ3) is 2.92. The van der Waals surface area contributed by atoms with E-state index in [1.165, 1.54) is 0 Å². The van der Waals surface area contributed by atoms with Crippen molar-refractivity contribution in [1.82, 2.24) is 10.3 Å². The van der Waals surface area contributed by atoms with E-state index in [0.29, 0.717) is 28.1 Å². The number of nitriles is 2. The molecule has 1 aliphatic carbocycles. The topological polar surface area (TPSA) is 116 Å². The number of allylic oxidation sites excluding steroid dienone is 7. The molecule has 2 heterocycles. The molecule has 3 N–H and O–H groups in total. The summed E-state index contributed by atoms with van der Waals surface area (Å²) in [6.07, 6.45) is 9.06. The summed E-state index contributed by atoms with van der Waals surface area (Å²) in [6.45, 7) is 3.63. The van der Waals surface area contributed by atoms with E-state index < -0.39 is 17.2 Å². The molecule has 1 aliphatic heterocycles. The molecule has 2 aliphatic rings. The molecule has 6 heteroatoms. The summed E-state index contributed by atoms with van der Waals surface area (Å²) in [5.41, 5.74) is 8.36. The smallest absolute Gasteiger partial charge is 0.244 e. The van der Waals surface area contributed by atoms with Crippen LogP contribution in [0.15, 0.2) is 70.9 Å². The Kier molecular flexibility index (Phi) is 4.66. The first-order chi connectivity index (χ1) is 12.9. The Balaban J connectivity index is 2.32. The summed E-state index contributed by atoms with van der Waals surface area (Å²) in [4.78, 5) is 16.2. The molecule has 0 saturated heterocycles. The largest absolute Gasteiger partial charge is 0.366 e. The number of hydrogen-bond donors (Lipinski definition) is 2. The minimum absolute atomic E-state index is 0.284. The van der Waals surface area contributed by atoms with Crippen LogP contribution in [-0.4, -0.2) is 10.9 Å². The number of nitrogens with zero attached hydrogens (tertiary/aromatic N) is 3. The summed E-state index contributed by atoms with van der Waals surface area (Å²) in [5, 5.41) is 22.9. The van der Waals surface area contributed by atoms with Crippen molar-refractivity contribution in [2.24, 2.45) is 11.7 Å². The molecule has 0 bridgehead atoms. The Morgan fingerprint density at radius 1 is 1.30 bits per heavy atom. The van der Waals surface area contributed by atoms with E-state index in [4.69, 9.17) is 5.73 Å². The third-order valence-corrected chi connectivity index (χ3v) is 5.21. The first-order valence-electron chi connectivity index (χ1n) is 8.52. The van der Waals surface area contributed by atoms with Gasteiger partial charge in [-0.1, -0.05) is 24.3 Å². The van der Waals surface area contributed by atoms with Crippen LogP contribution in [-0.2, 0) is 10.2 Å². The van der Waals surface area contributed by atoms with Crippen molar-refractivity contribution in [3.8, 4) is 12.1 Å². The third-order valence-electron chi connectivity index (χ3n) is 5.21. The Bertz CT molecular complexity index is 965. The number of aromatic nitrogens is 1. The van der Waals surface area contributed by atoms with Crippen molar-refractivity contribution < 1.29 is 4.79 Å². The Morgan fingerprint density at radius 3 is 2.48 bits per heavy atom. The first-order valence-corrected chi connectivity index (χ1v) is 8.52. The number of carbonyl (C=O) groups excluding carboxylic acids is 1. The molecule has 0 fully saturated rings. The summed E-state index contributed by atoms with van der Waals surface area (Å²) >= 11 is 0. The monoisotopic (exact) mass is 357 g/mol. The SMILES string of the molecule is CC1=C(C#N)C(C2(c3cccnc3)C=CC=C(C(N)=O)C2)C(C#N)=C(C)N1. The number of hydrogen-bond acceptors (Lipinski definition) is 5. The number of primary amides is 1. The van der Waals surface area contributed by atoms with Gasteiger partial charge >= 0.3 is 0 Å². The minimum atomic E-state index is -0.811. The van der Waals surface area contributed by atoms with Gasteiger partial charge in [-0.3, -0.25) is 9.78 Å². The Hall–Kier alpha value is -3.64. The van der Waals surface area contributed by atoms with E-state index >= 15 is 0 Å². The molecule has 1 aromatic rings. The standard InChI is InChI=1S/C21H19N5O/c1-13-17(10-22)19(18(11-23)14(2)26-13)21(16-6-4-8-25-12-16)7-3-5-15(9-21)20(24)27/h3-8,12,19,26H,9H2,1-2H3,(H2,24,27). The van der Waals surface area contributed by atoms with Crippen molar-refractivity contribution in [1.29, 1.82) is 10.5 Å². The maximum Gasteiger partial charge on any atom is 0.244 e. The average molecular weight is 357 g/mol. The molecule has 0 saturated carbocycles. The number of nitrogens with two attached hydrogens (primary N) is 1. The summed E-state index contributed by atoms with van der Waals surface area (Å²) < 4.78 is 0. The molecule has 6 nitrogen and oxygen atoms in total. The number of nitrogens with one attached hydrogen (secondary N) is 1. The second kappa shape index (κ2) is 6.93. The average Bonchev–Trinajstić information content (AvgIpc) is 2.68. The first kappa shape index (κ1) is 18.2. The van der Waals surface area contributed by atoms with Gasteiger partial charge in [0.2, 0.25) is 5.91 Å². The Labute approximate surface area is 158 Å². The molecule has 1 aromatic heterocycles. The molecular formula is C21H19N5O. The van der Waals surface area contributed by atoms with Crippen molar-refractivity contribution in [2.45, 2.75) is 25.7 Å². The van der Waals surface area contributed by atoms with Gasteiger partial charge in [0.05, 0.1) is 23.3 Å². The predicted octanol–water partition coefficient (Wildman–Crippen LogP) is 2.51. The van der Waals surface area contributed by atoms with Crippen LogP contribution in [0.4, 0.5) is 0 Å². The minimum Gasteiger partial charge on any atom is -0.366 e. The fourth-order valence-electron chi connectivity index (χ4n) is 3.94. The lowest BCUT2D eigenvalue weighted by Gasteiger charge is -2.42.